The maximum atomic E-state index is 12.8. The maximum absolute atomic E-state index is 12.8. The van der Waals surface area contributed by atoms with Crippen molar-refractivity contribution >= 4 is 17.7 Å². The topological polar surface area (TPSA) is 97.8 Å². The van der Waals surface area contributed by atoms with Crippen molar-refractivity contribution in [2.24, 2.45) is 0 Å². The first-order chi connectivity index (χ1) is 14.9. The molecular weight excluding hydrogens is 398 g/mol. The van der Waals surface area contributed by atoms with Gasteiger partial charge in [-0.2, -0.15) is 0 Å². The van der Waals surface area contributed by atoms with Crippen molar-refractivity contribution in [3.63, 3.8) is 0 Å². The second-order valence-corrected chi connectivity index (χ2v) is 7.93. The first-order valence-corrected chi connectivity index (χ1v) is 10.4. The van der Waals surface area contributed by atoms with Crippen LogP contribution < -0.4 is 10.1 Å². The van der Waals surface area contributed by atoms with Gasteiger partial charge in [-0.3, -0.25) is 19.3 Å². The lowest BCUT2D eigenvalue weighted by Gasteiger charge is -2.17. The minimum absolute atomic E-state index is 0.0396. The molecule has 0 spiro atoms. The Morgan fingerprint density at radius 1 is 1.26 bits per heavy atom. The Labute approximate surface area is 180 Å². The SMILES string of the molecule is CC(C)Oc1ncccc1CNC(=O)c1ccc2c(c1)C(=O)N(CC1CCCO1)C2=O. The zero-order valence-electron chi connectivity index (χ0n) is 17.6. The van der Waals surface area contributed by atoms with Gasteiger partial charge < -0.3 is 14.8 Å². The van der Waals surface area contributed by atoms with Crippen LogP contribution in [0.2, 0.25) is 0 Å². The minimum atomic E-state index is -0.384. The Kier molecular flexibility index (Phi) is 5.99. The van der Waals surface area contributed by atoms with E-state index in [2.05, 4.69) is 10.3 Å². The normalized spacial score (nSPS) is 17.9. The van der Waals surface area contributed by atoms with Crippen LogP contribution in [-0.4, -0.2) is 53.0 Å². The second kappa shape index (κ2) is 8.85. The summed E-state index contributed by atoms with van der Waals surface area (Å²) >= 11 is 0. The number of pyridine rings is 1. The number of benzene rings is 1. The van der Waals surface area contributed by atoms with E-state index in [-0.39, 0.29) is 48.6 Å². The first kappa shape index (κ1) is 21.0. The average Bonchev–Trinajstić information content (AvgIpc) is 3.35. The fourth-order valence-electron chi connectivity index (χ4n) is 3.76. The van der Waals surface area contributed by atoms with E-state index in [4.69, 9.17) is 9.47 Å². The van der Waals surface area contributed by atoms with Gasteiger partial charge in [-0.05, 0) is 51.0 Å². The quantitative estimate of drug-likeness (QED) is 0.688. The van der Waals surface area contributed by atoms with Gasteiger partial charge in [0.05, 0.1) is 29.9 Å². The predicted molar refractivity (Wildman–Crippen MR) is 112 cm³/mol. The van der Waals surface area contributed by atoms with Crippen molar-refractivity contribution in [1.82, 2.24) is 15.2 Å². The molecule has 2 aliphatic heterocycles. The summed E-state index contributed by atoms with van der Waals surface area (Å²) in [7, 11) is 0. The van der Waals surface area contributed by atoms with E-state index in [9.17, 15) is 14.4 Å². The third kappa shape index (κ3) is 4.44. The van der Waals surface area contributed by atoms with Crippen LogP contribution >= 0.6 is 0 Å². The van der Waals surface area contributed by atoms with Gasteiger partial charge in [0.25, 0.3) is 17.7 Å². The number of amides is 3. The van der Waals surface area contributed by atoms with Crippen molar-refractivity contribution in [3.8, 4) is 5.88 Å². The van der Waals surface area contributed by atoms with Crippen LogP contribution in [0.25, 0.3) is 0 Å². The van der Waals surface area contributed by atoms with Crippen LogP contribution in [0.5, 0.6) is 5.88 Å². The summed E-state index contributed by atoms with van der Waals surface area (Å²) in [5.41, 5.74) is 1.63. The zero-order chi connectivity index (χ0) is 22.0. The molecule has 1 aromatic carbocycles. The van der Waals surface area contributed by atoms with Gasteiger partial charge in [-0.15, -0.1) is 0 Å². The third-order valence-corrected chi connectivity index (χ3v) is 5.28. The highest BCUT2D eigenvalue weighted by molar-refractivity contribution is 6.22. The Morgan fingerprint density at radius 2 is 2.06 bits per heavy atom. The molecule has 1 atom stereocenters. The molecule has 0 bridgehead atoms. The van der Waals surface area contributed by atoms with Crippen molar-refractivity contribution < 1.29 is 23.9 Å². The lowest BCUT2D eigenvalue weighted by molar-refractivity contribution is 0.0475. The third-order valence-electron chi connectivity index (χ3n) is 5.28. The summed E-state index contributed by atoms with van der Waals surface area (Å²) in [5.74, 6) is -0.601. The molecule has 3 heterocycles. The van der Waals surface area contributed by atoms with Crippen LogP contribution in [0.3, 0.4) is 0 Å². The number of carbonyl (C=O) groups excluding carboxylic acids is 3. The molecule has 8 heteroatoms. The van der Waals surface area contributed by atoms with Gasteiger partial charge in [0, 0.05) is 30.5 Å². The van der Waals surface area contributed by atoms with Crippen molar-refractivity contribution in [2.75, 3.05) is 13.2 Å². The predicted octanol–water partition coefficient (Wildman–Crippen LogP) is 2.57. The molecule has 31 heavy (non-hydrogen) atoms. The fraction of sp³-hybridized carbons (Fsp3) is 0.391. The van der Waals surface area contributed by atoms with Crippen molar-refractivity contribution in [2.45, 2.75) is 45.4 Å². The Morgan fingerprint density at radius 3 is 2.81 bits per heavy atom. The van der Waals surface area contributed by atoms with Crippen LogP contribution in [0.15, 0.2) is 36.5 Å². The molecule has 8 nitrogen and oxygen atoms in total. The smallest absolute Gasteiger partial charge is 0.261 e. The van der Waals surface area contributed by atoms with Crippen LogP contribution in [0.4, 0.5) is 0 Å². The van der Waals surface area contributed by atoms with E-state index in [1.54, 1.807) is 18.3 Å². The average molecular weight is 423 g/mol. The lowest BCUT2D eigenvalue weighted by atomic mass is 10.1. The van der Waals surface area contributed by atoms with Gasteiger partial charge in [0.15, 0.2) is 0 Å². The molecule has 2 aliphatic rings. The Hall–Kier alpha value is -3.26. The number of carbonyl (C=O) groups is 3. The molecule has 3 amide bonds. The number of nitrogens with one attached hydrogen (secondary N) is 1. The summed E-state index contributed by atoms with van der Waals surface area (Å²) in [6.45, 7) is 4.93. The molecular formula is C23H25N3O5. The maximum Gasteiger partial charge on any atom is 0.261 e. The second-order valence-electron chi connectivity index (χ2n) is 7.93. The number of aromatic nitrogens is 1. The Balaban J connectivity index is 1.45. The molecule has 0 aliphatic carbocycles. The standard InChI is InChI=1S/C23H25N3O5/c1-14(2)31-21-16(5-3-9-24-21)12-25-20(27)15-7-8-18-19(11-15)23(29)26(22(18)28)13-17-6-4-10-30-17/h3,5,7-9,11,14,17H,4,6,10,12-13H2,1-2H3,(H,25,27). The summed E-state index contributed by atoms with van der Waals surface area (Å²) in [5, 5.41) is 2.83. The van der Waals surface area contributed by atoms with Crippen molar-refractivity contribution in [1.29, 1.82) is 0 Å². The van der Waals surface area contributed by atoms with E-state index >= 15 is 0 Å². The highest BCUT2D eigenvalue weighted by Gasteiger charge is 2.37. The lowest BCUT2D eigenvalue weighted by Crippen LogP contribution is -2.36. The van der Waals surface area contributed by atoms with Gasteiger partial charge in [0.2, 0.25) is 5.88 Å². The van der Waals surface area contributed by atoms with Gasteiger partial charge in [0.1, 0.15) is 0 Å². The highest BCUT2D eigenvalue weighted by Crippen LogP contribution is 2.26. The molecule has 162 valence electrons. The number of hydrogen-bond acceptors (Lipinski definition) is 6. The molecule has 2 aromatic rings. The van der Waals surface area contributed by atoms with E-state index in [0.29, 0.717) is 23.6 Å². The summed E-state index contributed by atoms with van der Waals surface area (Å²) in [4.78, 5) is 43.6. The molecule has 1 fully saturated rings. The van der Waals surface area contributed by atoms with E-state index < -0.39 is 0 Å². The molecule has 1 unspecified atom stereocenters. The molecule has 4 rings (SSSR count). The number of imide groups is 1. The van der Waals surface area contributed by atoms with Gasteiger partial charge >= 0.3 is 0 Å². The van der Waals surface area contributed by atoms with Crippen LogP contribution in [-0.2, 0) is 11.3 Å². The van der Waals surface area contributed by atoms with Gasteiger partial charge in [-0.1, -0.05) is 6.07 Å². The number of nitrogens with zero attached hydrogens (tertiary/aromatic N) is 2. The number of hydrogen-bond donors (Lipinski definition) is 1. The van der Waals surface area contributed by atoms with E-state index in [1.807, 2.05) is 19.9 Å². The molecule has 1 aromatic heterocycles. The molecule has 1 saturated heterocycles. The number of fused-ring (bicyclic) bond motifs is 1. The minimum Gasteiger partial charge on any atom is -0.475 e. The van der Waals surface area contributed by atoms with E-state index in [0.717, 1.165) is 18.4 Å². The Bertz CT molecular complexity index is 1010. The first-order valence-electron chi connectivity index (χ1n) is 10.4. The molecule has 0 saturated carbocycles. The number of ether oxygens (including phenoxy) is 2. The monoisotopic (exact) mass is 423 g/mol. The molecule has 1 N–H and O–H groups in total. The van der Waals surface area contributed by atoms with E-state index in [1.165, 1.54) is 17.0 Å². The van der Waals surface area contributed by atoms with Gasteiger partial charge in [-0.25, -0.2) is 4.98 Å². The summed E-state index contributed by atoms with van der Waals surface area (Å²) in [6, 6.07) is 8.19. The van der Waals surface area contributed by atoms with Crippen molar-refractivity contribution in [3.05, 3.63) is 58.8 Å². The zero-order valence-corrected chi connectivity index (χ0v) is 17.6. The number of rotatable bonds is 7. The highest BCUT2D eigenvalue weighted by atomic mass is 16.5. The van der Waals surface area contributed by atoms with Crippen LogP contribution in [0.1, 0.15) is 63.3 Å². The largest absolute Gasteiger partial charge is 0.475 e. The summed E-state index contributed by atoms with van der Waals surface area (Å²) in [6.07, 6.45) is 3.24. The molecule has 0 radical (unpaired) electrons. The van der Waals surface area contributed by atoms with Crippen LogP contribution in [0, 0.1) is 0 Å². The summed E-state index contributed by atoms with van der Waals surface area (Å²) < 4.78 is 11.2. The fourth-order valence-corrected chi connectivity index (χ4v) is 3.76.